The van der Waals surface area contributed by atoms with Crippen LogP contribution in [0.4, 0.5) is 0 Å². The lowest BCUT2D eigenvalue weighted by atomic mass is 9.97. The molecule has 0 bridgehead atoms. The molecule has 1 amide bonds. The molecule has 12 atom stereocenters. The van der Waals surface area contributed by atoms with Gasteiger partial charge in [-0.1, -0.05) is 232 Å². The van der Waals surface area contributed by atoms with Crippen molar-refractivity contribution in [2.75, 3.05) is 19.8 Å². The number of hydrogen-bond acceptors (Lipinski definition) is 13. The topological polar surface area (TPSA) is 228 Å². The molecule has 410 valence electrons. The van der Waals surface area contributed by atoms with Crippen LogP contribution in [0.25, 0.3) is 0 Å². The second-order valence-electron chi connectivity index (χ2n) is 20.8. The van der Waals surface area contributed by atoms with E-state index in [9.17, 15) is 45.6 Å². The number of aliphatic hydroxyl groups excluding tert-OH is 8. The van der Waals surface area contributed by atoms with Gasteiger partial charge in [0.2, 0.25) is 5.91 Å². The van der Waals surface area contributed by atoms with Crippen LogP contribution in [0.1, 0.15) is 251 Å². The molecule has 2 fully saturated rings. The average Bonchev–Trinajstić information content (AvgIpc) is 3.35. The molecule has 0 aromatic carbocycles. The van der Waals surface area contributed by atoms with Crippen molar-refractivity contribution in [2.24, 2.45) is 0 Å². The van der Waals surface area contributed by atoms with E-state index in [1.54, 1.807) is 0 Å². The monoisotopic (exact) mass is 990 g/mol. The van der Waals surface area contributed by atoms with Crippen LogP contribution in [-0.4, -0.2) is 140 Å². The summed E-state index contributed by atoms with van der Waals surface area (Å²) < 4.78 is 22.6. The van der Waals surface area contributed by atoms with Gasteiger partial charge in [-0.15, -0.1) is 0 Å². The number of hydrogen-bond donors (Lipinski definition) is 9. The van der Waals surface area contributed by atoms with Crippen LogP contribution in [-0.2, 0) is 23.7 Å². The highest BCUT2D eigenvalue weighted by molar-refractivity contribution is 5.76. The Morgan fingerprint density at radius 1 is 0.464 bits per heavy atom. The minimum absolute atomic E-state index is 0.208. The zero-order valence-corrected chi connectivity index (χ0v) is 43.8. The summed E-state index contributed by atoms with van der Waals surface area (Å²) in [7, 11) is 0. The van der Waals surface area contributed by atoms with Crippen molar-refractivity contribution in [1.29, 1.82) is 0 Å². The van der Waals surface area contributed by atoms with Crippen molar-refractivity contribution in [3.8, 4) is 0 Å². The second kappa shape index (κ2) is 42.4. The molecule has 2 aliphatic rings. The molecule has 0 aromatic heterocycles. The lowest BCUT2D eigenvalue weighted by molar-refractivity contribution is -0.359. The third-order valence-corrected chi connectivity index (χ3v) is 14.6. The van der Waals surface area contributed by atoms with E-state index >= 15 is 0 Å². The standard InChI is InChI=1S/C55H107NO13/c1-3-5-7-9-10-11-12-13-14-15-16-17-18-19-20-21-22-23-24-25-26-27-28-29-30-31-32-33-35-37-39-47(60)56-43(44(59)38-36-34-8-6-4-2)42-66-54-52(65)50(63)53(46(41-58)68-54)69-55-51(64)49(62)48(61)45(40-57)67-55/h43-46,48-55,57-59,61-65H,3-42H2,1-2H3,(H,56,60). The fraction of sp³-hybridized carbons (Fsp3) is 0.982. The second-order valence-corrected chi connectivity index (χ2v) is 20.8. The van der Waals surface area contributed by atoms with E-state index in [4.69, 9.17) is 18.9 Å². The third kappa shape index (κ3) is 28.9. The molecule has 14 nitrogen and oxygen atoms in total. The number of carbonyl (C=O) groups is 1. The Bertz CT molecular complexity index is 1170. The summed E-state index contributed by atoms with van der Waals surface area (Å²) in [6, 6.07) is -0.819. The minimum atomic E-state index is -1.78. The third-order valence-electron chi connectivity index (χ3n) is 14.6. The molecule has 0 saturated carbocycles. The Morgan fingerprint density at radius 2 is 0.826 bits per heavy atom. The highest BCUT2D eigenvalue weighted by Crippen LogP contribution is 2.30. The largest absolute Gasteiger partial charge is 0.394 e. The number of unbranched alkanes of at least 4 members (excludes halogenated alkanes) is 33. The van der Waals surface area contributed by atoms with E-state index in [0.717, 1.165) is 57.8 Å². The Morgan fingerprint density at radius 3 is 1.23 bits per heavy atom. The number of nitrogens with one attached hydrogen (secondary N) is 1. The molecule has 9 N–H and O–H groups in total. The molecule has 2 aliphatic heterocycles. The molecule has 2 heterocycles. The molecule has 0 aliphatic carbocycles. The predicted molar refractivity (Wildman–Crippen MR) is 272 cm³/mol. The van der Waals surface area contributed by atoms with Crippen molar-refractivity contribution in [1.82, 2.24) is 5.32 Å². The van der Waals surface area contributed by atoms with Crippen LogP contribution < -0.4 is 5.32 Å². The SMILES string of the molecule is CCCCCCCCCCCCCCCCCCCCCCCCCCCCCCCCC(=O)NC(COC1OC(CO)C(OC2OC(CO)C(O)C(O)C2O)C(O)C1O)C(O)CCCCCCC. The van der Waals surface area contributed by atoms with Crippen molar-refractivity contribution >= 4 is 5.91 Å². The Kier molecular flexibility index (Phi) is 39.4. The van der Waals surface area contributed by atoms with Gasteiger partial charge in [-0.3, -0.25) is 4.79 Å². The van der Waals surface area contributed by atoms with Gasteiger partial charge in [0.25, 0.3) is 0 Å². The summed E-state index contributed by atoms with van der Waals surface area (Å²) in [6.45, 7) is 2.78. The van der Waals surface area contributed by atoms with E-state index in [-0.39, 0.29) is 12.5 Å². The van der Waals surface area contributed by atoms with Gasteiger partial charge in [0.1, 0.15) is 48.8 Å². The summed E-state index contributed by atoms with van der Waals surface area (Å²) >= 11 is 0. The normalized spacial score (nSPS) is 26.1. The highest BCUT2D eigenvalue weighted by Gasteiger charge is 2.51. The maximum absolute atomic E-state index is 13.1. The van der Waals surface area contributed by atoms with Gasteiger partial charge in [0.05, 0.1) is 32.0 Å². The van der Waals surface area contributed by atoms with E-state index in [0.29, 0.717) is 12.8 Å². The fourth-order valence-electron chi connectivity index (χ4n) is 9.89. The van der Waals surface area contributed by atoms with Gasteiger partial charge in [0, 0.05) is 6.42 Å². The first-order valence-corrected chi connectivity index (χ1v) is 28.8. The highest BCUT2D eigenvalue weighted by atomic mass is 16.7. The van der Waals surface area contributed by atoms with Crippen molar-refractivity contribution in [2.45, 2.75) is 325 Å². The van der Waals surface area contributed by atoms with E-state index < -0.39 is 86.8 Å². The first-order chi connectivity index (χ1) is 33.6. The van der Waals surface area contributed by atoms with Crippen LogP contribution in [0.15, 0.2) is 0 Å². The predicted octanol–water partition coefficient (Wildman–Crippen LogP) is 8.95. The molecule has 2 rings (SSSR count). The zero-order valence-electron chi connectivity index (χ0n) is 43.8. The van der Waals surface area contributed by atoms with E-state index in [1.165, 1.54) is 167 Å². The van der Waals surface area contributed by atoms with Gasteiger partial charge in [-0.25, -0.2) is 0 Å². The summed E-state index contributed by atoms with van der Waals surface area (Å²) in [4.78, 5) is 13.1. The van der Waals surface area contributed by atoms with Gasteiger partial charge >= 0.3 is 0 Å². The lowest BCUT2D eigenvalue weighted by Crippen LogP contribution is -2.65. The van der Waals surface area contributed by atoms with Crippen molar-refractivity contribution < 1.29 is 64.6 Å². The molecule has 0 aromatic rings. The number of ether oxygens (including phenoxy) is 4. The smallest absolute Gasteiger partial charge is 0.220 e. The molecular weight excluding hydrogens is 883 g/mol. The quantitative estimate of drug-likeness (QED) is 0.0260. The minimum Gasteiger partial charge on any atom is -0.394 e. The van der Waals surface area contributed by atoms with E-state index in [1.807, 2.05) is 0 Å². The number of rotatable bonds is 46. The lowest BCUT2D eigenvalue weighted by Gasteiger charge is -2.46. The van der Waals surface area contributed by atoms with Crippen LogP contribution in [0.2, 0.25) is 0 Å². The van der Waals surface area contributed by atoms with Crippen LogP contribution in [0.3, 0.4) is 0 Å². The van der Waals surface area contributed by atoms with Crippen molar-refractivity contribution in [3.63, 3.8) is 0 Å². The maximum atomic E-state index is 13.1. The summed E-state index contributed by atoms with van der Waals surface area (Å²) in [5, 5.41) is 86.5. The Hall–Kier alpha value is -1.01. The van der Waals surface area contributed by atoms with E-state index in [2.05, 4.69) is 19.2 Å². The Balaban J connectivity index is 1.55. The molecule has 69 heavy (non-hydrogen) atoms. The summed E-state index contributed by atoms with van der Waals surface area (Å²) in [5.41, 5.74) is 0. The zero-order chi connectivity index (χ0) is 50.3. The maximum Gasteiger partial charge on any atom is 0.220 e. The van der Waals surface area contributed by atoms with Crippen molar-refractivity contribution in [3.05, 3.63) is 0 Å². The number of carbonyl (C=O) groups excluding carboxylic acids is 1. The molecule has 2 saturated heterocycles. The first kappa shape index (κ1) is 64.1. The van der Waals surface area contributed by atoms with Gasteiger partial charge in [-0.2, -0.15) is 0 Å². The molecular formula is C55H107NO13. The van der Waals surface area contributed by atoms with Crippen LogP contribution in [0.5, 0.6) is 0 Å². The van der Waals surface area contributed by atoms with Crippen LogP contribution in [0, 0.1) is 0 Å². The molecule has 0 radical (unpaired) electrons. The molecule has 0 spiro atoms. The number of aliphatic hydroxyl groups is 8. The number of amides is 1. The van der Waals surface area contributed by atoms with Gasteiger partial charge in [0.15, 0.2) is 12.6 Å². The fourth-order valence-corrected chi connectivity index (χ4v) is 9.89. The summed E-state index contributed by atoms with van der Waals surface area (Å²) in [5.74, 6) is -0.208. The Labute approximate surface area is 419 Å². The summed E-state index contributed by atoms with van der Waals surface area (Å²) in [6.07, 6.45) is 29.2. The van der Waals surface area contributed by atoms with Gasteiger partial charge < -0.3 is 65.1 Å². The molecule has 14 heteroatoms. The first-order valence-electron chi connectivity index (χ1n) is 28.8. The molecule has 12 unspecified atom stereocenters. The van der Waals surface area contributed by atoms with Crippen LogP contribution >= 0.6 is 0 Å². The van der Waals surface area contributed by atoms with Gasteiger partial charge in [-0.05, 0) is 12.8 Å². The average molecular weight is 990 g/mol.